The first-order valence-electron chi connectivity index (χ1n) is 5.02. The van der Waals surface area contributed by atoms with Crippen molar-refractivity contribution in [3.63, 3.8) is 0 Å². The maximum atomic E-state index is 10.9. The van der Waals surface area contributed by atoms with Crippen molar-refractivity contribution >= 4 is 33.2 Å². The lowest BCUT2D eigenvalue weighted by molar-refractivity contribution is -0.121. The zero-order chi connectivity index (χ0) is 12.0. The van der Waals surface area contributed by atoms with Crippen LogP contribution in [0.25, 0.3) is 0 Å². The fraction of sp³-hybridized carbons (Fsp3) is 0.500. The maximum Gasteiger partial charge on any atom is 0.233 e. The first-order chi connectivity index (χ1) is 7.61. The van der Waals surface area contributed by atoms with Crippen LogP contribution in [-0.2, 0) is 11.3 Å². The molecule has 0 aliphatic rings. The Bertz CT molecular complexity index is 343. The number of hydrazine groups is 1. The number of nitrogens with one attached hydrogen (secondary N) is 1. The molecule has 6 heteroatoms. The van der Waals surface area contributed by atoms with E-state index in [0.29, 0.717) is 6.42 Å². The van der Waals surface area contributed by atoms with E-state index in [-0.39, 0.29) is 5.91 Å². The lowest BCUT2D eigenvalue weighted by atomic mass is 10.2. The van der Waals surface area contributed by atoms with Gasteiger partial charge < -0.3 is 4.90 Å². The van der Waals surface area contributed by atoms with Gasteiger partial charge in [-0.15, -0.1) is 11.3 Å². The molecule has 0 atom stereocenters. The van der Waals surface area contributed by atoms with Gasteiger partial charge in [0.15, 0.2) is 0 Å². The largest absolute Gasteiger partial charge is 0.302 e. The second-order valence-electron chi connectivity index (χ2n) is 3.67. The van der Waals surface area contributed by atoms with Gasteiger partial charge in [-0.2, -0.15) is 0 Å². The number of halogens is 1. The Labute approximate surface area is 108 Å². The zero-order valence-electron chi connectivity index (χ0n) is 9.20. The number of carbonyl (C=O) groups excluding carboxylic acids is 1. The minimum absolute atomic E-state index is 0.105. The lowest BCUT2D eigenvalue weighted by Gasteiger charge is -2.15. The minimum atomic E-state index is -0.105. The van der Waals surface area contributed by atoms with E-state index in [4.69, 9.17) is 5.84 Å². The third-order valence-corrected chi connectivity index (χ3v) is 3.73. The van der Waals surface area contributed by atoms with E-state index in [1.807, 2.05) is 7.05 Å². The van der Waals surface area contributed by atoms with Crippen molar-refractivity contribution in [2.24, 2.45) is 5.84 Å². The number of nitrogens with zero attached hydrogens (tertiary/aromatic N) is 1. The molecule has 0 aliphatic carbocycles. The number of thiophene rings is 1. The van der Waals surface area contributed by atoms with Crippen molar-refractivity contribution in [1.82, 2.24) is 10.3 Å². The van der Waals surface area contributed by atoms with Crippen LogP contribution >= 0.6 is 27.3 Å². The van der Waals surface area contributed by atoms with Gasteiger partial charge in [-0.05, 0) is 53.0 Å². The molecule has 0 aliphatic heterocycles. The molecular formula is C10H16BrN3OS. The Morgan fingerprint density at radius 2 is 2.44 bits per heavy atom. The highest BCUT2D eigenvalue weighted by Gasteiger charge is 2.04. The van der Waals surface area contributed by atoms with E-state index in [0.717, 1.165) is 23.3 Å². The molecule has 0 bridgehead atoms. The molecule has 0 unspecified atom stereocenters. The van der Waals surface area contributed by atoms with E-state index in [1.54, 1.807) is 11.3 Å². The molecular weight excluding hydrogens is 290 g/mol. The van der Waals surface area contributed by atoms with Crippen LogP contribution in [0.5, 0.6) is 0 Å². The quantitative estimate of drug-likeness (QED) is 0.478. The first-order valence-corrected chi connectivity index (χ1v) is 6.70. The molecule has 1 heterocycles. The molecule has 1 aromatic rings. The van der Waals surface area contributed by atoms with Gasteiger partial charge >= 0.3 is 0 Å². The van der Waals surface area contributed by atoms with Crippen LogP contribution in [0.1, 0.15) is 18.4 Å². The number of carbonyl (C=O) groups is 1. The van der Waals surface area contributed by atoms with Gasteiger partial charge in [0.05, 0.1) is 3.79 Å². The van der Waals surface area contributed by atoms with Crippen LogP contribution in [0.15, 0.2) is 15.2 Å². The minimum Gasteiger partial charge on any atom is -0.302 e. The Morgan fingerprint density at radius 1 is 1.69 bits per heavy atom. The highest BCUT2D eigenvalue weighted by molar-refractivity contribution is 9.11. The van der Waals surface area contributed by atoms with Crippen molar-refractivity contribution < 1.29 is 4.79 Å². The molecule has 4 nitrogen and oxygen atoms in total. The summed E-state index contributed by atoms with van der Waals surface area (Å²) < 4.78 is 1.15. The zero-order valence-corrected chi connectivity index (χ0v) is 11.6. The van der Waals surface area contributed by atoms with Crippen LogP contribution in [0.3, 0.4) is 0 Å². The summed E-state index contributed by atoms with van der Waals surface area (Å²) in [6.07, 6.45) is 1.30. The van der Waals surface area contributed by atoms with E-state index in [1.165, 1.54) is 5.56 Å². The summed E-state index contributed by atoms with van der Waals surface area (Å²) in [5, 5.41) is 2.13. The summed E-state index contributed by atoms with van der Waals surface area (Å²) in [4.78, 5) is 13.1. The van der Waals surface area contributed by atoms with Crippen LogP contribution < -0.4 is 11.3 Å². The van der Waals surface area contributed by atoms with Gasteiger partial charge in [-0.1, -0.05) is 0 Å². The Hall–Kier alpha value is -0.430. The third-order valence-electron chi connectivity index (χ3n) is 2.18. The summed E-state index contributed by atoms with van der Waals surface area (Å²) in [6.45, 7) is 1.80. The van der Waals surface area contributed by atoms with Crippen molar-refractivity contribution in [3.8, 4) is 0 Å². The average Bonchev–Trinajstić information content (AvgIpc) is 2.63. The van der Waals surface area contributed by atoms with E-state index < -0.39 is 0 Å². The molecule has 0 aromatic carbocycles. The normalized spacial score (nSPS) is 10.8. The number of amides is 1. The van der Waals surface area contributed by atoms with Gasteiger partial charge in [0.1, 0.15) is 0 Å². The molecule has 0 fully saturated rings. The second kappa shape index (κ2) is 7.01. The van der Waals surface area contributed by atoms with E-state index in [9.17, 15) is 4.79 Å². The molecule has 1 rings (SSSR count). The highest BCUT2D eigenvalue weighted by Crippen LogP contribution is 2.21. The number of hydrogen-bond acceptors (Lipinski definition) is 4. The summed E-state index contributed by atoms with van der Waals surface area (Å²) in [7, 11) is 2.05. The smallest absolute Gasteiger partial charge is 0.233 e. The predicted molar refractivity (Wildman–Crippen MR) is 69.9 cm³/mol. The van der Waals surface area contributed by atoms with Gasteiger partial charge in [0.2, 0.25) is 5.91 Å². The lowest BCUT2D eigenvalue weighted by Crippen LogP contribution is -2.30. The molecule has 1 aromatic heterocycles. The molecule has 0 saturated heterocycles. The molecule has 0 saturated carbocycles. The standard InChI is InChI=1S/C10H16BrN3OS/c1-14(4-2-3-10(15)13-12)6-8-5-9(11)16-7-8/h5,7H,2-4,6,12H2,1H3,(H,13,15). The van der Waals surface area contributed by atoms with Crippen LogP contribution in [0.2, 0.25) is 0 Å². The topological polar surface area (TPSA) is 58.4 Å². The number of nitrogens with two attached hydrogens (primary N) is 1. The Kier molecular flexibility index (Phi) is 5.97. The van der Waals surface area contributed by atoms with Gasteiger partial charge in [-0.3, -0.25) is 10.2 Å². The predicted octanol–water partition coefficient (Wildman–Crippen LogP) is 1.71. The van der Waals surface area contributed by atoms with Gasteiger partial charge in [0, 0.05) is 13.0 Å². The Morgan fingerprint density at radius 3 is 3.00 bits per heavy atom. The Balaban J connectivity index is 2.20. The maximum absolute atomic E-state index is 10.9. The monoisotopic (exact) mass is 305 g/mol. The first kappa shape index (κ1) is 13.6. The molecule has 0 spiro atoms. The summed E-state index contributed by atoms with van der Waals surface area (Å²) in [5.74, 6) is 4.89. The van der Waals surface area contributed by atoms with Crippen LogP contribution in [0.4, 0.5) is 0 Å². The highest BCUT2D eigenvalue weighted by atomic mass is 79.9. The molecule has 1 amide bonds. The van der Waals surface area contributed by atoms with Crippen molar-refractivity contribution in [1.29, 1.82) is 0 Å². The van der Waals surface area contributed by atoms with E-state index >= 15 is 0 Å². The summed E-state index contributed by atoms with van der Waals surface area (Å²) >= 11 is 5.12. The SMILES string of the molecule is CN(CCCC(=O)NN)Cc1csc(Br)c1. The molecule has 90 valence electrons. The second-order valence-corrected chi connectivity index (χ2v) is 5.96. The van der Waals surface area contributed by atoms with Gasteiger partial charge in [-0.25, -0.2) is 5.84 Å². The number of rotatable bonds is 6. The fourth-order valence-corrected chi connectivity index (χ4v) is 2.60. The average molecular weight is 306 g/mol. The van der Waals surface area contributed by atoms with Gasteiger partial charge in [0.25, 0.3) is 0 Å². The van der Waals surface area contributed by atoms with Crippen molar-refractivity contribution in [2.75, 3.05) is 13.6 Å². The number of hydrogen-bond donors (Lipinski definition) is 2. The molecule has 0 radical (unpaired) electrons. The third kappa shape index (κ3) is 5.07. The fourth-order valence-electron chi connectivity index (χ4n) is 1.40. The van der Waals surface area contributed by atoms with Crippen molar-refractivity contribution in [2.45, 2.75) is 19.4 Å². The van der Waals surface area contributed by atoms with Crippen LogP contribution in [0, 0.1) is 0 Å². The summed E-state index contributed by atoms with van der Waals surface area (Å²) in [6, 6.07) is 2.12. The molecule has 3 N–H and O–H groups in total. The molecule has 16 heavy (non-hydrogen) atoms. The van der Waals surface area contributed by atoms with Crippen molar-refractivity contribution in [3.05, 3.63) is 20.8 Å². The van der Waals surface area contributed by atoms with E-state index in [2.05, 4.69) is 37.7 Å². The van der Waals surface area contributed by atoms with Crippen LogP contribution in [-0.4, -0.2) is 24.4 Å². The summed E-state index contributed by atoms with van der Waals surface area (Å²) in [5.41, 5.74) is 3.42.